The largest absolute Gasteiger partial charge is 0.497 e. The van der Waals surface area contributed by atoms with E-state index >= 15 is 0 Å². The minimum absolute atomic E-state index is 0.127. The van der Waals surface area contributed by atoms with Crippen LogP contribution in [0.1, 0.15) is 16.4 Å². The third-order valence-electron chi connectivity index (χ3n) is 7.16. The van der Waals surface area contributed by atoms with Gasteiger partial charge in [-0.15, -0.1) is 11.8 Å². The molecule has 4 aromatic rings. The van der Waals surface area contributed by atoms with Crippen molar-refractivity contribution in [3.8, 4) is 34.2 Å². The molecule has 1 atom stereocenters. The Morgan fingerprint density at radius 3 is 2.36 bits per heavy atom. The fourth-order valence-corrected chi connectivity index (χ4v) is 6.33. The van der Waals surface area contributed by atoms with E-state index in [9.17, 15) is 9.59 Å². The number of hydrogen-bond donors (Lipinski definition) is 1. The number of nitrogens with zero attached hydrogens (tertiary/aromatic N) is 3. The highest BCUT2D eigenvalue weighted by atomic mass is 35.5. The van der Waals surface area contributed by atoms with Crippen LogP contribution in [-0.2, 0) is 14.3 Å². The van der Waals surface area contributed by atoms with Gasteiger partial charge in [-0.25, -0.2) is 4.68 Å². The number of anilines is 1. The molecule has 44 heavy (non-hydrogen) atoms. The minimum atomic E-state index is -0.354. The molecule has 5 rings (SSSR count). The fourth-order valence-electron chi connectivity index (χ4n) is 5.01. The van der Waals surface area contributed by atoms with E-state index in [-0.39, 0.29) is 29.4 Å². The minimum Gasteiger partial charge on any atom is -0.497 e. The number of hydrogen-bond acceptors (Lipinski definition) is 8. The molecule has 1 N–H and O–H groups in total. The quantitative estimate of drug-likeness (QED) is 0.226. The van der Waals surface area contributed by atoms with Crippen LogP contribution in [0.5, 0.6) is 17.2 Å². The Balaban J connectivity index is 1.76. The summed E-state index contributed by atoms with van der Waals surface area (Å²) < 4.78 is 23.3. The summed E-state index contributed by atoms with van der Waals surface area (Å²) in [6.45, 7) is 0.477. The first-order valence-corrected chi connectivity index (χ1v) is 15.2. The van der Waals surface area contributed by atoms with Crippen LogP contribution in [0, 0.1) is 0 Å². The van der Waals surface area contributed by atoms with Crippen LogP contribution in [0.15, 0.2) is 66.7 Å². The number of fused-ring (bicyclic) bond motifs is 1. The van der Waals surface area contributed by atoms with Gasteiger partial charge in [0.1, 0.15) is 18.1 Å². The van der Waals surface area contributed by atoms with Crippen molar-refractivity contribution in [3.05, 3.63) is 82.9 Å². The molecule has 2 amide bonds. The number of ether oxygens (including phenoxy) is 4. The lowest BCUT2D eigenvalue weighted by Crippen LogP contribution is -2.43. The van der Waals surface area contributed by atoms with Crippen LogP contribution in [0.4, 0.5) is 5.82 Å². The maximum Gasteiger partial charge on any atom is 0.240 e. The molecule has 0 unspecified atom stereocenters. The Labute approximate surface area is 265 Å². The lowest BCUT2D eigenvalue weighted by atomic mass is 9.99. The van der Waals surface area contributed by atoms with E-state index in [4.69, 9.17) is 35.6 Å². The smallest absolute Gasteiger partial charge is 0.240 e. The van der Waals surface area contributed by atoms with Gasteiger partial charge in [-0.3, -0.25) is 14.5 Å². The predicted molar refractivity (Wildman–Crippen MR) is 172 cm³/mol. The van der Waals surface area contributed by atoms with Gasteiger partial charge in [0, 0.05) is 29.8 Å². The first kappa shape index (κ1) is 31.2. The standard InChI is InChI=1S/C32H33ClN4O6S/c1-40-16-15-34-27(38)18-36-28(39)19-44-31(21-7-14-25(42-3)26(17-21)43-4)29-30(20-5-8-22(33)9-6-20)35-37(32(29)36)23-10-12-24(41-2)13-11-23/h5-14,17,31H,15-16,18-19H2,1-4H3,(H,34,38)/t31-/m1/s1. The molecule has 230 valence electrons. The van der Waals surface area contributed by atoms with Gasteiger partial charge in [0.25, 0.3) is 0 Å². The van der Waals surface area contributed by atoms with Gasteiger partial charge in [-0.2, -0.15) is 5.10 Å². The molecule has 3 aromatic carbocycles. The van der Waals surface area contributed by atoms with Gasteiger partial charge in [0.15, 0.2) is 11.5 Å². The van der Waals surface area contributed by atoms with Crippen LogP contribution in [-0.4, -0.2) is 75.5 Å². The third-order valence-corrected chi connectivity index (χ3v) is 8.67. The molecular weight excluding hydrogens is 604 g/mol. The van der Waals surface area contributed by atoms with Gasteiger partial charge in [-0.1, -0.05) is 29.8 Å². The zero-order chi connectivity index (χ0) is 31.2. The van der Waals surface area contributed by atoms with E-state index in [0.717, 1.165) is 16.7 Å². The Hall–Kier alpha value is -4.19. The third kappa shape index (κ3) is 6.50. The van der Waals surface area contributed by atoms with Gasteiger partial charge >= 0.3 is 0 Å². The molecule has 2 heterocycles. The maximum absolute atomic E-state index is 13.9. The molecule has 1 aliphatic rings. The normalized spacial score (nSPS) is 14.5. The Morgan fingerprint density at radius 1 is 0.977 bits per heavy atom. The van der Waals surface area contributed by atoms with E-state index in [2.05, 4.69) is 5.32 Å². The van der Waals surface area contributed by atoms with Gasteiger partial charge in [0.2, 0.25) is 11.8 Å². The molecule has 1 aromatic heterocycles. The molecule has 12 heteroatoms. The van der Waals surface area contributed by atoms with E-state index in [1.165, 1.54) is 16.7 Å². The van der Waals surface area contributed by atoms with E-state index in [0.29, 0.717) is 52.6 Å². The zero-order valence-corrected chi connectivity index (χ0v) is 26.4. The first-order chi connectivity index (χ1) is 21.4. The molecule has 10 nitrogen and oxygen atoms in total. The molecule has 0 aliphatic carbocycles. The number of carbonyl (C=O) groups is 2. The summed E-state index contributed by atoms with van der Waals surface area (Å²) >= 11 is 7.72. The Morgan fingerprint density at radius 2 is 1.70 bits per heavy atom. The van der Waals surface area contributed by atoms with Gasteiger partial charge in [-0.05, 0) is 54.1 Å². The van der Waals surface area contributed by atoms with Gasteiger partial charge in [0.05, 0.1) is 50.3 Å². The van der Waals surface area contributed by atoms with Crippen LogP contribution in [0.25, 0.3) is 16.9 Å². The van der Waals surface area contributed by atoms with Crippen molar-refractivity contribution in [1.29, 1.82) is 0 Å². The number of benzene rings is 3. The van der Waals surface area contributed by atoms with E-state index in [1.807, 2.05) is 54.6 Å². The monoisotopic (exact) mass is 636 g/mol. The second-order valence-corrected chi connectivity index (χ2v) is 11.4. The summed E-state index contributed by atoms with van der Waals surface area (Å²) in [4.78, 5) is 28.6. The fraction of sp³-hybridized carbons (Fsp3) is 0.281. The summed E-state index contributed by atoms with van der Waals surface area (Å²) in [6.07, 6.45) is 0. The van der Waals surface area contributed by atoms with Crippen molar-refractivity contribution in [2.24, 2.45) is 0 Å². The number of nitrogens with one attached hydrogen (secondary N) is 1. The van der Waals surface area contributed by atoms with Crippen molar-refractivity contribution >= 4 is 41.0 Å². The Bertz CT molecular complexity index is 1630. The molecule has 0 saturated carbocycles. The van der Waals surface area contributed by atoms with Crippen molar-refractivity contribution < 1.29 is 28.5 Å². The topological polar surface area (TPSA) is 104 Å². The molecular formula is C32H33ClN4O6S. The van der Waals surface area contributed by atoms with Crippen molar-refractivity contribution in [2.75, 3.05) is 58.8 Å². The van der Waals surface area contributed by atoms with Crippen LogP contribution >= 0.6 is 23.4 Å². The highest BCUT2D eigenvalue weighted by Crippen LogP contribution is 2.49. The van der Waals surface area contributed by atoms with E-state index in [1.54, 1.807) is 45.3 Å². The summed E-state index contributed by atoms with van der Waals surface area (Å²) in [5.74, 6) is 1.91. The summed E-state index contributed by atoms with van der Waals surface area (Å²) in [6, 6.07) is 20.5. The highest BCUT2D eigenvalue weighted by Gasteiger charge is 2.38. The predicted octanol–water partition coefficient (Wildman–Crippen LogP) is 5.15. The molecule has 0 radical (unpaired) electrons. The number of aromatic nitrogens is 2. The molecule has 0 spiro atoms. The second-order valence-electron chi connectivity index (χ2n) is 9.83. The van der Waals surface area contributed by atoms with Crippen LogP contribution in [0.2, 0.25) is 5.02 Å². The second kappa shape index (κ2) is 14.1. The number of carbonyl (C=O) groups excluding carboxylic acids is 2. The summed E-state index contributed by atoms with van der Waals surface area (Å²) in [5, 5.41) is 8.17. The lowest BCUT2D eigenvalue weighted by molar-refractivity contribution is -0.123. The average Bonchev–Trinajstić information content (AvgIpc) is 3.37. The first-order valence-electron chi connectivity index (χ1n) is 13.8. The van der Waals surface area contributed by atoms with Crippen LogP contribution in [0.3, 0.4) is 0 Å². The van der Waals surface area contributed by atoms with Crippen molar-refractivity contribution in [3.63, 3.8) is 0 Å². The maximum atomic E-state index is 13.9. The Kier molecular flexibility index (Phi) is 9.99. The van der Waals surface area contributed by atoms with Gasteiger partial charge < -0.3 is 24.3 Å². The summed E-state index contributed by atoms with van der Waals surface area (Å²) in [5.41, 5.74) is 3.81. The number of thioether (sulfide) groups is 1. The zero-order valence-electron chi connectivity index (χ0n) is 24.8. The average molecular weight is 637 g/mol. The lowest BCUT2D eigenvalue weighted by Gasteiger charge is -2.23. The number of halogens is 1. The van der Waals surface area contributed by atoms with Crippen LogP contribution < -0.4 is 24.4 Å². The van der Waals surface area contributed by atoms with E-state index < -0.39 is 0 Å². The molecule has 1 aliphatic heterocycles. The molecule has 0 bridgehead atoms. The SMILES string of the molecule is COCCNC(=O)CN1C(=O)CS[C@H](c2ccc(OC)c(OC)c2)c2c(-c3ccc(Cl)cc3)nn(-c3ccc(OC)cc3)c21. The van der Waals surface area contributed by atoms with Crippen molar-refractivity contribution in [1.82, 2.24) is 15.1 Å². The molecule has 0 fully saturated rings. The summed E-state index contributed by atoms with van der Waals surface area (Å²) in [7, 11) is 6.33. The number of rotatable bonds is 11. The van der Waals surface area contributed by atoms with Crippen molar-refractivity contribution in [2.45, 2.75) is 5.25 Å². The highest BCUT2D eigenvalue weighted by molar-refractivity contribution is 8.00. The molecule has 0 saturated heterocycles. The number of methoxy groups -OCH3 is 4. The number of amides is 2.